The van der Waals surface area contributed by atoms with E-state index in [9.17, 15) is 39.6 Å². The van der Waals surface area contributed by atoms with Crippen LogP contribution in [0.3, 0.4) is 0 Å². The summed E-state index contributed by atoms with van der Waals surface area (Å²) in [5, 5.41) is 76.2. The maximum atomic E-state index is 10.7. The molecule has 0 radical (unpaired) electrons. The van der Waals surface area contributed by atoms with Crippen molar-refractivity contribution in [2.24, 2.45) is 0 Å². The van der Waals surface area contributed by atoms with Crippen LogP contribution >= 0.6 is 0 Å². The molecule has 4 aromatic rings. The monoisotopic (exact) mass is 676 g/mol. The average Bonchev–Trinajstić information content (AvgIpc) is 2.90. The zero-order valence-electron chi connectivity index (χ0n) is 21.7. The molecule has 12 nitrogen and oxygen atoms in total. The number of carbonyl (C=O) groups is 4. The Morgan fingerprint density at radius 2 is 0.500 bits per heavy atom. The van der Waals surface area contributed by atoms with Gasteiger partial charge in [0.15, 0.2) is 0 Å². The average molecular weight is 679 g/mol. The molecule has 4 N–H and O–H groups in total. The van der Waals surface area contributed by atoms with Gasteiger partial charge in [0.2, 0.25) is 0 Å². The van der Waals surface area contributed by atoms with E-state index in [0.717, 1.165) is 0 Å². The summed E-state index contributed by atoms with van der Waals surface area (Å²) < 4.78 is 0. The summed E-state index contributed by atoms with van der Waals surface area (Å²) in [5.74, 6) is -6.50. The zero-order valence-corrected chi connectivity index (χ0v) is 27.6. The van der Waals surface area contributed by atoms with Crippen molar-refractivity contribution >= 4 is 23.9 Å². The molecule has 0 spiro atoms. The fraction of sp³-hybridized carbons (Fsp3) is 0. The smallest absolute Gasteiger partial charge is 0.872 e. The van der Waals surface area contributed by atoms with Crippen molar-refractivity contribution in [1.29, 1.82) is 0 Å². The van der Waals surface area contributed by atoms with Gasteiger partial charge in [-0.05, 0) is 24.3 Å². The van der Waals surface area contributed by atoms with Gasteiger partial charge in [0, 0.05) is 0 Å². The maximum Gasteiger partial charge on any atom is 2.00 e. The molecule has 0 fully saturated rings. The summed E-state index contributed by atoms with van der Waals surface area (Å²) >= 11 is 0. The Bertz CT molecular complexity index is 1250. The molecule has 208 valence electrons. The zero-order chi connectivity index (χ0) is 30.2. The van der Waals surface area contributed by atoms with Gasteiger partial charge in [0.1, 0.15) is 0 Å². The Labute approximate surface area is 264 Å². The molecule has 0 aliphatic rings. The van der Waals surface area contributed by atoms with Gasteiger partial charge < -0.3 is 40.9 Å². The number of carboxylic acids is 4. The summed E-state index contributed by atoms with van der Waals surface area (Å²) in [6, 6.07) is 22.1. The van der Waals surface area contributed by atoms with Crippen LogP contribution in [-0.4, -0.2) is 44.3 Å². The summed E-state index contributed by atoms with van der Waals surface area (Å²) in [6.45, 7) is 0. The molecule has 0 aliphatic heterocycles. The molecule has 0 aliphatic carbocycles. The van der Waals surface area contributed by atoms with Gasteiger partial charge in [-0.25, -0.2) is 19.2 Å². The first-order valence-electron chi connectivity index (χ1n) is 10.8. The van der Waals surface area contributed by atoms with Crippen LogP contribution in [0.15, 0.2) is 97.1 Å². The van der Waals surface area contributed by atoms with E-state index < -0.39 is 46.9 Å². The number of benzene rings is 4. The van der Waals surface area contributed by atoms with E-state index in [2.05, 4.69) is 0 Å². The van der Waals surface area contributed by atoms with Crippen LogP contribution in [0.2, 0.25) is 0 Å². The quantitative estimate of drug-likeness (QED) is 0.226. The van der Waals surface area contributed by atoms with Crippen LogP contribution in [0, 0.1) is 0 Å². The van der Waals surface area contributed by atoms with Crippen molar-refractivity contribution in [3.63, 3.8) is 0 Å². The molecule has 14 heteroatoms. The van der Waals surface area contributed by atoms with Crippen LogP contribution in [0.25, 0.3) is 0 Å². The fourth-order valence-electron chi connectivity index (χ4n) is 2.57. The number of rotatable bonds is 4. The molecule has 4 rings (SSSR count). The molecule has 0 amide bonds. The van der Waals surface area contributed by atoms with Crippen LogP contribution in [0.5, 0.6) is 23.0 Å². The minimum absolute atomic E-state index is 0. The second-order valence-electron chi connectivity index (χ2n) is 7.21. The van der Waals surface area contributed by atoms with Gasteiger partial charge in [0.05, 0.1) is 22.3 Å². The van der Waals surface area contributed by atoms with Gasteiger partial charge in [-0.1, -0.05) is 95.8 Å². The molecule has 42 heavy (non-hydrogen) atoms. The van der Waals surface area contributed by atoms with E-state index in [-0.39, 0.29) is 61.2 Å². The van der Waals surface area contributed by atoms with E-state index in [4.69, 9.17) is 20.4 Å². The van der Waals surface area contributed by atoms with Gasteiger partial charge in [-0.2, -0.15) is 0 Å². The molecular weight excluding hydrogens is 659 g/mol. The first-order chi connectivity index (χ1) is 18.9. The SMILES string of the molecule is O=C(O)c1ccccc1[O-].O=C(O)c1ccccc1[O-].O=C(O)c1ccccc1[O-].O=C(O)c1ccccc1[O-].[Zn+2].[Zn+2]. The Hall–Kier alpha value is -4.79. The van der Waals surface area contributed by atoms with Crippen LogP contribution in [0.4, 0.5) is 0 Å². The molecule has 0 saturated heterocycles. The third-order valence-corrected chi connectivity index (χ3v) is 4.47. The molecule has 0 unspecified atom stereocenters. The maximum absolute atomic E-state index is 10.7. The molecule has 0 heterocycles. The first-order valence-corrected chi connectivity index (χ1v) is 10.8. The molecule has 0 atom stereocenters. The van der Waals surface area contributed by atoms with Crippen molar-refractivity contribution in [2.45, 2.75) is 0 Å². The largest absolute Gasteiger partial charge is 2.00 e. The van der Waals surface area contributed by atoms with E-state index in [1.165, 1.54) is 97.1 Å². The number of aromatic carboxylic acids is 4. The Morgan fingerprint density at radius 1 is 0.357 bits per heavy atom. The van der Waals surface area contributed by atoms with Crippen molar-refractivity contribution in [3.8, 4) is 23.0 Å². The van der Waals surface area contributed by atoms with Gasteiger partial charge in [0.25, 0.3) is 0 Å². The van der Waals surface area contributed by atoms with E-state index in [1.54, 1.807) is 0 Å². The number of carboxylic acid groups (broad SMARTS) is 4. The van der Waals surface area contributed by atoms with Crippen LogP contribution in [0.1, 0.15) is 41.4 Å². The summed E-state index contributed by atoms with van der Waals surface area (Å²) in [5.41, 5.74) is -0.713. The normalized spacial score (nSPS) is 8.76. The number of hydrogen-bond donors (Lipinski definition) is 4. The molecule has 4 aromatic carbocycles. The fourth-order valence-corrected chi connectivity index (χ4v) is 2.57. The second-order valence-corrected chi connectivity index (χ2v) is 7.21. The molecule has 0 aromatic heterocycles. The molecular formula is C28H20O12Zn2. The third-order valence-electron chi connectivity index (χ3n) is 4.47. The van der Waals surface area contributed by atoms with E-state index in [0.29, 0.717) is 0 Å². The van der Waals surface area contributed by atoms with Crippen molar-refractivity contribution in [2.75, 3.05) is 0 Å². The second kappa shape index (κ2) is 20.1. The van der Waals surface area contributed by atoms with Crippen LogP contribution < -0.4 is 20.4 Å². The van der Waals surface area contributed by atoms with Gasteiger partial charge >= 0.3 is 62.8 Å². The van der Waals surface area contributed by atoms with Crippen molar-refractivity contribution in [3.05, 3.63) is 119 Å². The molecule has 0 bridgehead atoms. The van der Waals surface area contributed by atoms with Crippen molar-refractivity contribution < 1.29 is 99.0 Å². The minimum atomic E-state index is -1.18. The topological polar surface area (TPSA) is 241 Å². The summed E-state index contributed by atoms with van der Waals surface area (Å²) in [6.07, 6.45) is 0. The minimum Gasteiger partial charge on any atom is -0.872 e. The Balaban J connectivity index is 0. The molecule has 0 saturated carbocycles. The van der Waals surface area contributed by atoms with Gasteiger partial charge in [-0.15, -0.1) is 0 Å². The summed E-state index contributed by atoms with van der Waals surface area (Å²) in [7, 11) is 0. The number of hydrogen-bond acceptors (Lipinski definition) is 8. The Kier molecular flexibility index (Phi) is 18.9. The van der Waals surface area contributed by atoms with Crippen LogP contribution in [-0.2, 0) is 39.0 Å². The third kappa shape index (κ3) is 13.5. The predicted molar refractivity (Wildman–Crippen MR) is 131 cm³/mol. The van der Waals surface area contributed by atoms with E-state index in [1.807, 2.05) is 0 Å². The first kappa shape index (κ1) is 39.4. The summed E-state index contributed by atoms with van der Waals surface area (Å²) in [4.78, 5) is 40.9. The number of para-hydroxylation sites is 4. The van der Waals surface area contributed by atoms with Crippen molar-refractivity contribution in [1.82, 2.24) is 0 Å². The van der Waals surface area contributed by atoms with Gasteiger partial charge in [-0.3, -0.25) is 0 Å². The Morgan fingerprint density at radius 3 is 0.595 bits per heavy atom. The standard InChI is InChI=1S/4C7H6O3.2Zn/c4*8-6-4-2-1-3-5(6)7(9)10;;/h4*1-4,8H,(H,9,10);;/q;;;;2*+2/p-4. The predicted octanol–water partition coefficient (Wildman–Crippen LogP) is 1.83. The van der Waals surface area contributed by atoms with E-state index >= 15 is 0 Å².